The van der Waals surface area contributed by atoms with Crippen molar-refractivity contribution in [2.75, 3.05) is 18.5 Å². The minimum absolute atomic E-state index is 0.172. The van der Waals surface area contributed by atoms with E-state index >= 15 is 0 Å². The fourth-order valence-electron chi connectivity index (χ4n) is 5.35. The summed E-state index contributed by atoms with van der Waals surface area (Å²) in [5, 5.41) is 16.4. The Morgan fingerprint density at radius 1 is 1.34 bits per heavy atom. The van der Waals surface area contributed by atoms with Crippen molar-refractivity contribution in [1.82, 2.24) is 10.2 Å². The molecule has 3 N–H and O–H groups in total. The summed E-state index contributed by atoms with van der Waals surface area (Å²) in [5.74, 6) is -2.81. The van der Waals surface area contributed by atoms with Gasteiger partial charge in [-0.3, -0.25) is 24.6 Å². The number of nitrogens with one attached hydrogen (secondary N) is 2. The van der Waals surface area contributed by atoms with Crippen LogP contribution in [0.1, 0.15) is 25.3 Å². The summed E-state index contributed by atoms with van der Waals surface area (Å²) in [6.45, 7) is 2.39. The number of ether oxygens (including phenoxy) is 1. The second kappa shape index (κ2) is 6.60. The van der Waals surface area contributed by atoms with E-state index in [9.17, 15) is 19.5 Å². The molecule has 0 aliphatic carbocycles. The number of hydrogen-bond donors (Lipinski definition) is 3. The monoisotopic (exact) mass is 463 g/mol. The Morgan fingerprint density at radius 3 is 2.83 bits per heavy atom. The van der Waals surface area contributed by atoms with E-state index in [1.807, 2.05) is 6.07 Å². The lowest BCUT2D eigenvalue weighted by Gasteiger charge is -2.30. The molecule has 4 aliphatic rings. The highest BCUT2D eigenvalue weighted by Gasteiger charge is 2.71. The van der Waals surface area contributed by atoms with Gasteiger partial charge < -0.3 is 15.2 Å². The van der Waals surface area contributed by atoms with E-state index in [1.165, 1.54) is 4.90 Å². The quantitative estimate of drug-likeness (QED) is 0.570. The van der Waals surface area contributed by atoms with Crippen LogP contribution in [0.4, 0.5) is 5.69 Å². The first-order valence-electron chi connectivity index (χ1n) is 9.88. The van der Waals surface area contributed by atoms with E-state index in [4.69, 9.17) is 4.74 Å². The molecule has 0 bridgehead atoms. The first-order valence-corrected chi connectivity index (χ1v) is 10.7. The van der Waals surface area contributed by atoms with Crippen LogP contribution in [0.15, 0.2) is 22.7 Å². The van der Waals surface area contributed by atoms with Gasteiger partial charge in [0.25, 0.3) is 0 Å². The summed E-state index contributed by atoms with van der Waals surface area (Å²) in [5.41, 5.74) is -0.160. The highest BCUT2D eigenvalue weighted by molar-refractivity contribution is 9.10. The predicted octanol–water partition coefficient (Wildman–Crippen LogP) is 0.729. The third kappa shape index (κ3) is 2.57. The van der Waals surface area contributed by atoms with E-state index < -0.39 is 29.5 Å². The van der Waals surface area contributed by atoms with Crippen LogP contribution in [-0.2, 0) is 24.7 Å². The van der Waals surface area contributed by atoms with Gasteiger partial charge in [-0.25, -0.2) is 0 Å². The molecule has 1 aromatic carbocycles. The van der Waals surface area contributed by atoms with Gasteiger partial charge in [0.1, 0.15) is 5.54 Å². The van der Waals surface area contributed by atoms with E-state index in [1.54, 1.807) is 19.1 Å². The summed E-state index contributed by atoms with van der Waals surface area (Å²) in [4.78, 5) is 41.2. The van der Waals surface area contributed by atoms with Crippen LogP contribution in [0, 0.1) is 11.8 Å². The zero-order valence-corrected chi connectivity index (χ0v) is 17.4. The Bertz CT molecular complexity index is 915. The lowest BCUT2D eigenvalue weighted by atomic mass is 9.76. The molecule has 6 atom stereocenters. The maximum Gasteiger partial charge on any atom is 0.250 e. The Morgan fingerprint density at radius 2 is 2.14 bits per heavy atom. The molecule has 0 unspecified atom stereocenters. The van der Waals surface area contributed by atoms with Gasteiger partial charge in [0.2, 0.25) is 17.7 Å². The molecular weight excluding hydrogens is 442 g/mol. The third-order valence-electron chi connectivity index (χ3n) is 6.63. The van der Waals surface area contributed by atoms with Crippen molar-refractivity contribution in [1.29, 1.82) is 0 Å². The number of amides is 3. The van der Waals surface area contributed by atoms with Crippen molar-refractivity contribution in [3.05, 3.63) is 28.2 Å². The number of aliphatic hydroxyl groups is 1. The number of carbonyl (C=O) groups excluding carboxylic acids is 3. The minimum Gasteiger partial charge on any atom is -0.392 e. The van der Waals surface area contributed by atoms with Crippen molar-refractivity contribution in [3.8, 4) is 0 Å². The Hall–Kier alpha value is -1.81. The summed E-state index contributed by atoms with van der Waals surface area (Å²) < 4.78 is 6.38. The molecule has 3 fully saturated rings. The Labute approximate surface area is 176 Å². The fraction of sp³-hybridized carbons (Fsp3) is 0.550. The summed E-state index contributed by atoms with van der Waals surface area (Å²) in [6.07, 6.45) is 0.616. The van der Waals surface area contributed by atoms with Crippen LogP contribution >= 0.6 is 15.9 Å². The standard InChI is InChI=1S/C20H22BrN3O5/c1-9(25)16-14-15(18(27)24(17(14)26)8-11-3-2-6-29-11)20(23-16)12-7-10(21)4-5-13(12)22-19(20)28/h4-5,7,9,11,14-16,23,25H,2-3,6,8H2,1H3,(H,22,28)/t9-,11+,14+,15+,16-,20+/m1/s1. The molecule has 4 aliphatic heterocycles. The van der Waals surface area contributed by atoms with Crippen molar-refractivity contribution in [3.63, 3.8) is 0 Å². The van der Waals surface area contributed by atoms with Gasteiger partial charge in [0.15, 0.2) is 0 Å². The molecule has 1 aromatic rings. The van der Waals surface area contributed by atoms with Gasteiger partial charge in [-0.2, -0.15) is 0 Å². The number of fused-ring (bicyclic) bond motifs is 4. The molecule has 0 radical (unpaired) electrons. The van der Waals surface area contributed by atoms with Crippen LogP contribution in [0.25, 0.3) is 0 Å². The maximum atomic E-state index is 13.5. The largest absolute Gasteiger partial charge is 0.392 e. The molecule has 0 saturated carbocycles. The highest BCUT2D eigenvalue weighted by atomic mass is 79.9. The number of rotatable bonds is 3. The number of imide groups is 1. The highest BCUT2D eigenvalue weighted by Crippen LogP contribution is 2.53. The number of nitrogens with zero attached hydrogens (tertiary/aromatic N) is 1. The number of benzene rings is 1. The summed E-state index contributed by atoms with van der Waals surface area (Å²) in [7, 11) is 0. The van der Waals surface area contributed by atoms with E-state index in [0.717, 1.165) is 17.3 Å². The topological polar surface area (TPSA) is 108 Å². The van der Waals surface area contributed by atoms with Crippen molar-refractivity contribution >= 4 is 39.3 Å². The molecule has 154 valence electrons. The summed E-state index contributed by atoms with van der Waals surface area (Å²) >= 11 is 3.43. The van der Waals surface area contributed by atoms with E-state index in [-0.39, 0.29) is 30.4 Å². The first kappa shape index (κ1) is 19.2. The lowest BCUT2D eigenvalue weighted by molar-refractivity contribution is -0.144. The average Bonchev–Trinajstić information content (AvgIpc) is 3.41. The normalized spacial score (nSPS) is 36.7. The molecule has 5 rings (SSSR count). The summed E-state index contributed by atoms with van der Waals surface area (Å²) in [6, 6.07) is 4.66. The number of aliphatic hydroxyl groups excluding tert-OH is 1. The average molecular weight is 464 g/mol. The van der Waals surface area contributed by atoms with E-state index in [0.29, 0.717) is 17.9 Å². The SMILES string of the molecule is C[C@@H](O)[C@H]1N[C@]2(C(=O)Nc3ccc(Br)cc32)[C@@H]2C(=O)N(C[C@@H]3CCCO3)C(=O)[C@H]12. The van der Waals surface area contributed by atoms with Crippen LogP contribution < -0.4 is 10.6 Å². The van der Waals surface area contributed by atoms with E-state index in [2.05, 4.69) is 26.6 Å². The predicted molar refractivity (Wildman–Crippen MR) is 106 cm³/mol. The molecule has 3 saturated heterocycles. The molecule has 1 spiro atoms. The minimum atomic E-state index is -1.39. The van der Waals surface area contributed by atoms with Gasteiger partial charge in [0.05, 0.1) is 30.6 Å². The molecule has 4 heterocycles. The van der Waals surface area contributed by atoms with Crippen LogP contribution in [0.2, 0.25) is 0 Å². The molecule has 9 heteroatoms. The number of anilines is 1. The fourth-order valence-corrected chi connectivity index (χ4v) is 5.71. The number of carbonyl (C=O) groups is 3. The molecule has 8 nitrogen and oxygen atoms in total. The van der Waals surface area contributed by atoms with Gasteiger partial charge in [-0.15, -0.1) is 0 Å². The number of hydrogen-bond acceptors (Lipinski definition) is 6. The van der Waals surface area contributed by atoms with Crippen LogP contribution in [0.5, 0.6) is 0 Å². The van der Waals surface area contributed by atoms with Crippen molar-refractivity contribution < 1.29 is 24.2 Å². The van der Waals surface area contributed by atoms with Gasteiger partial charge in [-0.05, 0) is 38.0 Å². The Kier molecular flexibility index (Phi) is 4.36. The second-order valence-corrected chi connectivity index (χ2v) is 9.20. The maximum absolute atomic E-state index is 13.5. The molecular formula is C20H22BrN3O5. The number of likely N-dealkylation sites (tertiary alicyclic amines) is 1. The Balaban J connectivity index is 1.61. The zero-order chi connectivity index (χ0) is 20.5. The second-order valence-electron chi connectivity index (χ2n) is 8.29. The van der Waals surface area contributed by atoms with Crippen LogP contribution in [0.3, 0.4) is 0 Å². The zero-order valence-electron chi connectivity index (χ0n) is 15.9. The number of halogens is 1. The van der Waals surface area contributed by atoms with Gasteiger partial charge in [0, 0.05) is 28.4 Å². The van der Waals surface area contributed by atoms with Gasteiger partial charge >= 0.3 is 0 Å². The third-order valence-corrected chi connectivity index (χ3v) is 7.13. The smallest absolute Gasteiger partial charge is 0.250 e. The van der Waals surface area contributed by atoms with Crippen molar-refractivity contribution in [2.24, 2.45) is 11.8 Å². The van der Waals surface area contributed by atoms with Gasteiger partial charge in [-0.1, -0.05) is 15.9 Å². The first-order chi connectivity index (χ1) is 13.8. The van der Waals surface area contributed by atoms with Crippen molar-refractivity contribution in [2.45, 2.75) is 43.6 Å². The molecule has 29 heavy (non-hydrogen) atoms. The molecule has 3 amide bonds. The van der Waals surface area contributed by atoms with Crippen LogP contribution in [-0.4, -0.2) is 59.1 Å². The lowest BCUT2D eigenvalue weighted by Crippen LogP contribution is -2.55. The molecule has 0 aromatic heterocycles.